The van der Waals surface area contributed by atoms with E-state index < -0.39 is 0 Å². The largest absolute Gasteiger partial charge is 0.310 e. The molecular weight excluding hydrogens is 280 g/mol. The molecule has 1 fully saturated rings. The maximum atomic E-state index is 13.6. The summed E-state index contributed by atoms with van der Waals surface area (Å²) in [5, 5.41) is 3.34. The van der Waals surface area contributed by atoms with Crippen LogP contribution in [-0.2, 0) is 0 Å². The second kappa shape index (κ2) is 5.83. The van der Waals surface area contributed by atoms with Gasteiger partial charge in [-0.2, -0.15) is 0 Å². The second-order valence-corrected chi connectivity index (χ2v) is 4.58. The molecule has 0 spiro atoms. The van der Waals surface area contributed by atoms with Crippen LogP contribution in [0.15, 0.2) is 22.7 Å². The monoisotopic (exact) mass is 293 g/mol. The van der Waals surface area contributed by atoms with Crippen LogP contribution >= 0.6 is 28.3 Å². The van der Waals surface area contributed by atoms with Gasteiger partial charge < -0.3 is 5.32 Å². The van der Waals surface area contributed by atoms with Gasteiger partial charge in [0.15, 0.2) is 0 Å². The van der Waals surface area contributed by atoms with E-state index in [9.17, 15) is 4.39 Å². The number of hydrogen-bond acceptors (Lipinski definition) is 1. The summed E-state index contributed by atoms with van der Waals surface area (Å²) in [5.74, 6) is -0.112. The number of piperidine rings is 1. The van der Waals surface area contributed by atoms with Crippen LogP contribution in [0.3, 0.4) is 0 Å². The topological polar surface area (TPSA) is 12.0 Å². The minimum atomic E-state index is -0.112. The molecule has 4 heteroatoms. The fourth-order valence-electron chi connectivity index (χ4n) is 1.90. The first-order valence-corrected chi connectivity index (χ1v) is 5.75. The van der Waals surface area contributed by atoms with E-state index >= 15 is 0 Å². The van der Waals surface area contributed by atoms with Crippen molar-refractivity contribution in [3.05, 3.63) is 34.1 Å². The first kappa shape index (κ1) is 12.9. The maximum absolute atomic E-state index is 13.6. The lowest BCUT2D eigenvalue weighted by molar-refractivity contribution is 0.400. The van der Waals surface area contributed by atoms with Crippen LogP contribution in [-0.4, -0.2) is 6.54 Å². The fourth-order valence-corrected chi connectivity index (χ4v) is 2.23. The van der Waals surface area contributed by atoms with Gasteiger partial charge in [0.2, 0.25) is 0 Å². The van der Waals surface area contributed by atoms with Crippen molar-refractivity contribution in [2.45, 2.75) is 25.3 Å². The first-order valence-electron chi connectivity index (χ1n) is 4.96. The van der Waals surface area contributed by atoms with Crippen LogP contribution in [0.4, 0.5) is 4.39 Å². The first-order chi connectivity index (χ1) is 6.77. The Labute approximate surface area is 104 Å². The highest BCUT2D eigenvalue weighted by atomic mass is 79.9. The third kappa shape index (κ3) is 3.16. The van der Waals surface area contributed by atoms with Crippen LogP contribution in [0.5, 0.6) is 0 Å². The molecule has 0 aliphatic carbocycles. The van der Waals surface area contributed by atoms with Gasteiger partial charge in [0.1, 0.15) is 5.82 Å². The summed E-state index contributed by atoms with van der Waals surface area (Å²) in [4.78, 5) is 0. The molecule has 0 saturated carbocycles. The summed E-state index contributed by atoms with van der Waals surface area (Å²) in [6.45, 7) is 1.00. The van der Waals surface area contributed by atoms with E-state index in [1.165, 1.54) is 18.9 Å². The summed E-state index contributed by atoms with van der Waals surface area (Å²) in [6, 6.07) is 5.50. The summed E-state index contributed by atoms with van der Waals surface area (Å²) >= 11 is 3.26. The Kier molecular flexibility index (Phi) is 5.03. The normalized spacial score (nSPS) is 20.8. The summed E-state index contributed by atoms with van der Waals surface area (Å²) in [5.41, 5.74) is 0.799. The van der Waals surface area contributed by atoms with Gasteiger partial charge in [-0.25, -0.2) is 4.39 Å². The average Bonchev–Trinajstić information content (AvgIpc) is 2.19. The van der Waals surface area contributed by atoms with Gasteiger partial charge in [-0.05, 0) is 31.5 Å². The van der Waals surface area contributed by atoms with Gasteiger partial charge in [-0.1, -0.05) is 28.4 Å². The zero-order chi connectivity index (χ0) is 9.97. The van der Waals surface area contributed by atoms with E-state index in [0.29, 0.717) is 0 Å². The zero-order valence-corrected chi connectivity index (χ0v) is 10.7. The van der Waals surface area contributed by atoms with E-state index in [2.05, 4.69) is 21.2 Å². The highest BCUT2D eigenvalue weighted by molar-refractivity contribution is 9.10. The van der Waals surface area contributed by atoms with Crippen molar-refractivity contribution in [2.75, 3.05) is 6.54 Å². The van der Waals surface area contributed by atoms with Crippen LogP contribution in [0.1, 0.15) is 30.9 Å². The van der Waals surface area contributed by atoms with E-state index in [-0.39, 0.29) is 24.3 Å². The molecule has 15 heavy (non-hydrogen) atoms. The van der Waals surface area contributed by atoms with Crippen molar-refractivity contribution in [3.63, 3.8) is 0 Å². The van der Waals surface area contributed by atoms with Crippen molar-refractivity contribution in [3.8, 4) is 0 Å². The second-order valence-electron chi connectivity index (χ2n) is 3.67. The highest BCUT2D eigenvalue weighted by Gasteiger charge is 2.17. The Morgan fingerprint density at radius 3 is 2.73 bits per heavy atom. The maximum Gasteiger partial charge on any atom is 0.129 e. The molecule has 1 aromatic carbocycles. The lowest BCUT2D eigenvalue weighted by Crippen LogP contribution is -2.27. The van der Waals surface area contributed by atoms with Crippen LogP contribution in [0.2, 0.25) is 0 Å². The van der Waals surface area contributed by atoms with Crippen LogP contribution in [0.25, 0.3) is 0 Å². The SMILES string of the molecule is Cl.Fc1cc(Br)ccc1[C@@H]1CCCCN1. The van der Waals surface area contributed by atoms with Gasteiger partial charge in [0.05, 0.1) is 0 Å². The third-order valence-corrected chi connectivity index (χ3v) is 3.14. The van der Waals surface area contributed by atoms with Gasteiger partial charge in [-0.3, -0.25) is 0 Å². The molecule has 1 heterocycles. The van der Waals surface area contributed by atoms with E-state index in [0.717, 1.165) is 23.0 Å². The quantitative estimate of drug-likeness (QED) is 0.830. The molecule has 1 atom stereocenters. The molecule has 1 N–H and O–H groups in total. The Morgan fingerprint density at radius 1 is 1.33 bits per heavy atom. The molecule has 0 radical (unpaired) electrons. The molecule has 2 rings (SSSR count). The number of rotatable bonds is 1. The lowest BCUT2D eigenvalue weighted by Gasteiger charge is -2.24. The van der Waals surface area contributed by atoms with Crippen LogP contribution < -0.4 is 5.32 Å². The average molecular weight is 295 g/mol. The molecule has 0 bridgehead atoms. The molecule has 1 aliphatic heterocycles. The minimum absolute atomic E-state index is 0. The molecule has 84 valence electrons. The molecular formula is C11H14BrClFN. The minimum Gasteiger partial charge on any atom is -0.310 e. The molecule has 1 nitrogen and oxygen atoms in total. The van der Waals surface area contributed by atoms with Crippen molar-refractivity contribution in [2.24, 2.45) is 0 Å². The molecule has 1 aromatic rings. The summed E-state index contributed by atoms with van der Waals surface area (Å²) < 4.78 is 14.4. The van der Waals surface area contributed by atoms with Crippen LogP contribution in [0, 0.1) is 5.82 Å². The third-order valence-electron chi connectivity index (χ3n) is 2.65. The Hall–Kier alpha value is -0.120. The van der Waals surface area contributed by atoms with Crippen molar-refractivity contribution in [1.29, 1.82) is 0 Å². The van der Waals surface area contributed by atoms with Gasteiger partial charge in [0, 0.05) is 16.1 Å². The van der Waals surface area contributed by atoms with Crippen molar-refractivity contribution >= 4 is 28.3 Å². The predicted octanol–water partition coefficient (Wildman–Crippen LogP) is 3.82. The standard InChI is InChI=1S/C11H13BrFN.ClH/c12-8-4-5-9(10(13)7-8)11-3-1-2-6-14-11;/h4-5,7,11,14H,1-3,6H2;1H/t11-;/m0./s1. The van der Waals surface area contributed by atoms with Crippen molar-refractivity contribution < 1.29 is 4.39 Å². The highest BCUT2D eigenvalue weighted by Crippen LogP contribution is 2.26. The number of halogens is 3. The zero-order valence-electron chi connectivity index (χ0n) is 8.30. The Bertz CT molecular complexity index is 326. The van der Waals surface area contributed by atoms with Gasteiger partial charge in [-0.15, -0.1) is 12.4 Å². The molecule has 0 unspecified atom stereocenters. The number of nitrogens with one attached hydrogen (secondary N) is 1. The fraction of sp³-hybridized carbons (Fsp3) is 0.455. The molecule has 0 amide bonds. The van der Waals surface area contributed by atoms with E-state index in [1.54, 1.807) is 0 Å². The van der Waals surface area contributed by atoms with Crippen molar-refractivity contribution in [1.82, 2.24) is 5.32 Å². The van der Waals surface area contributed by atoms with Gasteiger partial charge >= 0.3 is 0 Å². The predicted molar refractivity (Wildman–Crippen MR) is 65.9 cm³/mol. The Balaban J connectivity index is 0.00000112. The summed E-state index contributed by atoms with van der Waals surface area (Å²) in [7, 11) is 0. The van der Waals surface area contributed by atoms with E-state index in [4.69, 9.17) is 0 Å². The summed E-state index contributed by atoms with van der Waals surface area (Å²) in [6.07, 6.45) is 3.43. The lowest BCUT2D eigenvalue weighted by atomic mass is 9.97. The van der Waals surface area contributed by atoms with Gasteiger partial charge in [0.25, 0.3) is 0 Å². The smallest absolute Gasteiger partial charge is 0.129 e. The Morgan fingerprint density at radius 2 is 2.13 bits per heavy atom. The number of hydrogen-bond donors (Lipinski definition) is 1. The van der Waals surface area contributed by atoms with E-state index in [1.807, 2.05) is 12.1 Å². The molecule has 1 saturated heterocycles. The number of benzene rings is 1. The molecule has 1 aliphatic rings. The molecule has 0 aromatic heterocycles.